The lowest BCUT2D eigenvalue weighted by molar-refractivity contribution is -0.139. The number of carbonyl (C=O) groups is 2. The number of hydrogen-bond donors (Lipinski definition) is 1. The summed E-state index contributed by atoms with van der Waals surface area (Å²) in [6, 6.07) is 7.34. The van der Waals surface area contributed by atoms with E-state index in [2.05, 4.69) is 6.92 Å². The van der Waals surface area contributed by atoms with Gasteiger partial charge < -0.3 is 14.7 Å². The predicted molar refractivity (Wildman–Crippen MR) is 94.8 cm³/mol. The van der Waals surface area contributed by atoms with E-state index in [0.29, 0.717) is 25.3 Å². The molecule has 25 heavy (non-hydrogen) atoms. The van der Waals surface area contributed by atoms with E-state index in [1.54, 1.807) is 0 Å². The first-order valence-electron chi connectivity index (χ1n) is 9.31. The number of amides is 1. The molecule has 0 bridgehead atoms. The van der Waals surface area contributed by atoms with Crippen molar-refractivity contribution in [2.75, 3.05) is 19.7 Å². The minimum absolute atomic E-state index is 0.0277. The molecule has 1 aromatic rings. The van der Waals surface area contributed by atoms with Crippen molar-refractivity contribution in [3.63, 3.8) is 0 Å². The van der Waals surface area contributed by atoms with Crippen molar-refractivity contribution < 1.29 is 19.4 Å². The standard InChI is InChI=1S/C20H27NO4/c1-2-3-4-13-25-16-7-5-15(6-8-16)18(22)21-11-9-20(10-12-21)14-17(20)19(23)24/h5-8,17H,2-4,9-14H2,1H3,(H,23,24). The van der Waals surface area contributed by atoms with Crippen LogP contribution in [-0.2, 0) is 4.79 Å². The van der Waals surface area contributed by atoms with Crippen LogP contribution in [0.15, 0.2) is 24.3 Å². The van der Waals surface area contributed by atoms with Crippen LogP contribution in [0.2, 0.25) is 0 Å². The molecule has 1 heterocycles. The fraction of sp³-hybridized carbons (Fsp3) is 0.600. The number of likely N-dealkylation sites (tertiary alicyclic amines) is 1. The molecule has 1 saturated heterocycles. The van der Waals surface area contributed by atoms with Crippen LogP contribution in [0.5, 0.6) is 5.75 Å². The van der Waals surface area contributed by atoms with Gasteiger partial charge in [-0.25, -0.2) is 0 Å². The van der Waals surface area contributed by atoms with Gasteiger partial charge in [-0.15, -0.1) is 0 Å². The van der Waals surface area contributed by atoms with Crippen LogP contribution in [0.1, 0.15) is 55.8 Å². The van der Waals surface area contributed by atoms with Crippen molar-refractivity contribution in [1.82, 2.24) is 4.90 Å². The molecule has 1 aliphatic carbocycles. The number of ether oxygens (including phenoxy) is 1. The van der Waals surface area contributed by atoms with Gasteiger partial charge in [0, 0.05) is 18.7 Å². The molecule has 0 aromatic heterocycles. The Bertz CT molecular complexity index is 617. The summed E-state index contributed by atoms with van der Waals surface area (Å²) >= 11 is 0. The average Bonchev–Trinajstić information content (AvgIpc) is 3.33. The van der Waals surface area contributed by atoms with Crippen LogP contribution < -0.4 is 4.74 Å². The van der Waals surface area contributed by atoms with Crippen LogP contribution in [0, 0.1) is 11.3 Å². The number of carbonyl (C=O) groups excluding carboxylic acids is 1. The number of piperidine rings is 1. The normalized spacial score (nSPS) is 21.2. The monoisotopic (exact) mass is 345 g/mol. The maximum Gasteiger partial charge on any atom is 0.307 e. The summed E-state index contributed by atoms with van der Waals surface area (Å²) in [5.74, 6) is -0.0596. The third kappa shape index (κ3) is 3.97. The number of hydrogen-bond acceptors (Lipinski definition) is 3. The molecular formula is C20H27NO4. The van der Waals surface area contributed by atoms with Crippen LogP contribution in [-0.4, -0.2) is 41.6 Å². The Hall–Kier alpha value is -2.04. The fourth-order valence-electron chi connectivity index (χ4n) is 3.82. The highest BCUT2D eigenvalue weighted by molar-refractivity contribution is 5.94. The van der Waals surface area contributed by atoms with Crippen LogP contribution in [0.4, 0.5) is 0 Å². The Morgan fingerprint density at radius 3 is 2.44 bits per heavy atom. The third-order valence-electron chi connectivity index (χ3n) is 5.65. The van der Waals surface area contributed by atoms with Gasteiger partial charge in [0.2, 0.25) is 0 Å². The van der Waals surface area contributed by atoms with Gasteiger partial charge in [-0.2, -0.15) is 0 Å². The molecule has 1 amide bonds. The Morgan fingerprint density at radius 2 is 1.88 bits per heavy atom. The molecule has 5 heteroatoms. The number of nitrogens with zero attached hydrogens (tertiary/aromatic N) is 1. The zero-order valence-electron chi connectivity index (χ0n) is 14.9. The molecule has 1 spiro atoms. The highest BCUT2D eigenvalue weighted by Gasteiger charge is 2.59. The molecule has 2 aliphatic rings. The van der Waals surface area contributed by atoms with Crippen LogP contribution >= 0.6 is 0 Å². The van der Waals surface area contributed by atoms with E-state index in [-0.39, 0.29) is 17.2 Å². The lowest BCUT2D eigenvalue weighted by atomic mass is 9.90. The summed E-state index contributed by atoms with van der Waals surface area (Å²) in [6.07, 6.45) is 5.75. The largest absolute Gasteiger partial charge is 0.494 e. The second kappa shape index (κ2) is 7.46. The lowest BCUT2D eigenvalue weighted by Crippen LogP contribution is -2.40. The van der Waals surface area contributed by atoms with E-state index in [4.69, 9.17) is 9.84 Å². The molecular weight excluding hydrogens is 318 g/mol. The van der Waals surface area contributed by atoms with Crippen LogP contribution in [0.25, 0.3) is 0 Å². The molecule has 2 fully saturated rings. The third-order valence-corrected chi connectivity index (χ3v) is 5.65. The van der Waals surface area contributed by atoms with Gasteiger partial charge in [-0.3, -0.25) is 9.59 Å². The Kier molecular flexibility index (Phi) is 5.30. The summed E-state index contributed by atoms with van der Waals surface area (Å²) in [6.45, 7) is 4.17. The SMILES string of the molecule is CCCCCOc1ccc(C(=O)N2CCC3(CC2)CC3C(=O)O)cc1. The molecule has 1 N–H and O–H groups in total. The minimum atomic E-state index is -0.686. The van der Waals surface area contributed by atoms with Gasteiger partial charge >= 0.3 is 5.97 Å². The zero-order chi connectivity index (χ0) is 17.9. The number of benzene rings is 1. The first kappa shape index (κ1) is 17.8. The second-order valence-corrected chi connectivity index (χ2v) is 7.33. The molecule has 3 rings (SSSR count). The highest BCUT2D eigenvalue weighted by atomic mass is 16.5. The highest BCUT2D eigenvalue weighted by Crippen LogP contribution is 2.59. The molecule has 1 aliphatic heterocycles. The first-order chi connectivity index (χ1) is 12.1. The van der Waals surface area contributed by atoms with E-state index < -0.39 is 5.97 Å². The van der Waals surface area contributed by atoms with Gasteiger partial charge in [-0.1, -0.05) is 19.8 Å². The van der Waals surface area contributed by atoms with Crippen molar-refractivity contribution in [3.8, 4) is 5.75 Å². The molecule has 0 radical (unpaired) electrons. The number of carboxylic acid groups (broad SMARTS) is 1. The maximum atomic E-state index is 12.6. The van der Waals surface area contributed by atoms with Crippen molar-refractivity contribution >= 4 is 11.9 Å². The van der Waals surface area contributed by atoms with Crippen LogP contribution in [0.3, 0.4) is 0 Å². The molecule has 136 valence electrons. The number of unbranched alkanes of at least 4 members (excludes halogenated alkanes) is 2. The summed E-state index contributed by atoms with van der Waals surface area (Å²) in [4.78, 5) is 25.6. The lowest BCUT2D eigenvalue weighted by Gasteiger charge is -2.32. The molecule has 1 unspecified atom stereocenters. The maximum absolute atomic E-state index is 12.6. The average molecular weight is 345 g/mol. The summed E-state index contributed by atoms with van der Waals surface area (Å²) < 4.78 is 5.68. The Labute approximate surface area is 149 Å². The Balaban J connectivity index is 1.49. The summed E-state index contributed by atoms with van der Waals surface area (Å²) in [7, 11) is 0. The first-order valence-corrected chi connectivity index (χ1v) is 9.31. The van der Waals surface area contributed by atoms with Gasteiger partial charge in [0.25, 0.3) is 5.91 Å². The van der Waals surface area contributed by atoms with Crippen molar-refractivity contribution in [2.24, 2.45) is 11.3 Å². The van der Waals surface area contributed by atoms with Crippen molar-refractivity contribution in [3.05, 3.63) is 29.8 Å². The molecule has 5 nitrogen and oxygen atoms in total. The van der Waals surface area contributed by atoms with E-state index >= 15 is 0 Å². The molecule has 1 aromatic carbocycles. The van der Waals surface area contributed by atoms with Gasteiger partial charge in [0.1, 0.15) is 5.75 Å². The summed E-state index contributed by atoms with van der Waals surface area (Å²) in [5.41, 5.74) is 0.626. The predicted octanol–water partition coefficient (Wildman–Crippen LogP) is 3.58. The number of carboxylic acids is 1. The van der Waals surface area contributed by atoms with Gasteiger partial charge in [-0.05, 0) is 55.4 Å². The van der Waals surface area contributed by atoms with Gasteiger partial charge in [0.05, 0.1) is 12.5 Å². The van der Waals surface area contributed by atoms with E-state index in [0.717, 1.165) is 37.9 Å². The molecule has 1 atom stereocenters. The smallest absolute Gasteiger partial charge is 0.307 e. The summed E-state index contributed by atoms with van der Waals surface area (Å²) in [5, 5.41) is 9.15. The minimum Gasteiger partial charge on any atom is -0.494 e. The number of rotatable bonds is 7. The van der Waals surface area contributed by atoms with Gasteiger partial charge in [0.15, 0.2) is 0 Å². The quantitative estimate of drug-likeness (QED) is 0.767. The van der Waals surface area contributed by atoms with Crippen molar-refractivity contribution in [1.29, 1.82) is 0 Å². The van der Waals surface area contributed by atoms with Crippen molar-refractivity contribution in [2.45, 2.75) is 45.4 Å². The number of aliphatic carboxylic acids is 1. The van der Waals surface area contributed by atoms with E-state index in [1.807, 2.05) is 29.2 Å². The second-order valence-electron chi connectivity index (χ2n) is 7.33. The van der Waals surface area contributed by atoms with E-state index in [9.17, 15) is 9.59 Å². The molecule has 1 saturated carbocycles. The Morgan fingerprint density at radius 1 is 1.20 bits per heavy atom. The topological polar surface area (TPSA) is 66.8 Å². The zero-order valence-corrected chi connectivity index (χ0v) is 14.9. The fourth-order valence-corrected chi connectivity index (χ4v) is 3.82. The van der Waals surface area contributed by atoms with E-state index in [1.165, 1.54) is 6.42 Å².